The van der Waals surface area contributed by atoms with Crippen LogP contribution in [0.4, 0.5) is 5.13 Å². The minimum atomic E-state index is -0.429. The monoisotopic (exact) mass is 358 g/mol. The molecule has 2 heterocycles. The van der Waals surface area contributed by atoms with Gasteiger partial charge in [-0.3, -0.25) is 4.79 Å². The number of nitrogens with two attached hydrogens (primary N) is 1. The molecule has 0 spiro atoms. The molecule has 1 atom stereocenters. The molecule has 1 aromatic heterocycles. The van der Waals surface area contributed by atoms with Crippen LogP contribution in [-0.4, -0.2) is 22.7 Å². The number of fused-ring (bicyclic) bond motifs is 1. The molecule has 1 aliphatic carbocycles. The lowest BCUT2D eigenvalue weighted by Gasteiger charge is -2.37. The maximum Gasteiger partial charge on any atom is 0.227 e. The number of nitrogen functional groups attached to an aromatic ring is 1. The Hall–Kier alpha value is -2.15. The van der Waals surface area contributed by atoms with Gasteiger partial charge in [-0.05, 0) is 30.9 Å². The molecule has 3 N–H and O–H groups in total. The molecular formula is C18H22N4O2S. The SMILES string of the molecule is Nc1nnc(C2(NC(=O)[C@@H]3COc4ccccc4C3)CCCCC2)s1. The Balaban J connectivity index is 1.53. The van der Waals surface area contributed by atoms with E-state index in [9.17, 15) is 4.79 Å². The van der Waals surface area contributed by atoms with Crippen molar-refractivity contribution in [1.29, 1.82) is 0 Å². The Morgan fingerprint density at radius 3 is 2.80 bits per heavy atom. The predicted molar refractivity (Wildman–Crippen MR) is 96.4 cm³/mol. The van der Waals surface area contributed by atoms with Gasteiger partial charge in [-0.2, -0.15) is 0 Å². The molecular weight excluding hydrogens is 336 g/mol. The van der Waals surface area contributed by atoms with Crippen LogP contribution in [0.1, 0.15) is 42.7 Å². The summed E-state index contributed by atoms with van der Waals surface area (Å²) in [5.41, 5.74) is 6.44. The molecule has 0 unspecified atom stereocenters. The lowest BCUT2D eigenvalue weighted by atomic mass is 9.81. The van der Waals surface area contributed by atoms with Crippen molar-refractivity contribution in [2.75, 3.05) is 12.3 Å². The quantitative estimate of drug-likeness (QED) is 0.880. The highest BCUT2D eigenvalue weighted by Gasteiger charge is 2.40. The number of carbonyl (C=O) groups excluding carboxylic acids is 1. The maximum atomic E-state index is 13.0. The van der Waals surface area contributed by atoms with E-state index >= 15 is 0 Å². The van der Waals surface area contributed by atoms with Crippen molar-refractivity contribution in [3.05, 3.63) is 34.8 Å². The molecule has 4 rings (SSSR count). The highest BCUT2D eigenvalue weighted by atomic mass is 32.1. The van der Waals surface area contributed by atoms with Crippen LogP contribution in [0, 0.1) is 5.92 Å². The first-order chi connectivity index (χ1) is 12.2. The lowest BCUT2D eigenvalue weighted by Crippen LogP contribution is -2.50. The zero-order valence-electron chi connectivity index (χ0n) is 14.0. The molecule has 1 amide bonds. The fourth-order valence-electron chi connectivity index (χ4n) is 3.81. The van der Waals surface area contributed by atoms with E-state index in [1.165, 1.54) is 17.8 Å². The number of nitrogens with one attached hydrogen (secondary N) is 1. The summed E-state index contributed by atoms with van der Waals surface area (Å²) >= 11 is 1.38. The van der Waals surface area contributed by atoms with Crippen molar-refractivity contribution in [1.82, 2.24) is 15.5 Å². The van der Waals surface area contributed by atoms with Gasteiger partial charge in [0.15, 0.2) is 0 Å². The fraction of sp³-hybridized carbons (Fsp3) is 0.500. The number of hydrogen-bond acceptors (Lipinski definition) is 6. The second-order valence-electron chi connectivity index (χ2n) is 6.90. The first kappa shape index (κ1) is 16.3. The van der Waals surface area contributed by atoms with E-state index in [0.29, 0.717) is 18.2 Å². The number of ether oxygens (including phenoxy) is 1. The van der Waals surface area contributed by atoms with Gasteiger partial charge in [-0.25, -0.2) is 0 Å². The van der Waals surface area contributed by atoms with Gasteiger partial charge in [0, 0.05) is 0 Å². The average Bonchev–Trinajstić information content (AvgIpc) is 3.09. The smallest absolute Gasteiger partial charge is 0.227 e. The summed E-state index contributed by atoms with van der Waals surface area (Å²) in [5.74, 6) is 0.736. The standard InChI is InChI=1S/C18H22N4O2S/c19-17-22-21-16(25-17)18(8-4-1-5-9-18)20-15(23)13-10-12-6-2-3-7-14(12)24-11-13/h2-3,6-7,13H,1,4-5,8-11H2,(H2,19,22)(H,20,23)/t13-/m0/s1. The average molecular weight is 358 g/mol. The summed E-state index contributed by atoms with van der Waals surface area (Å²) in [5, 5.41) is 12.8. The number of benzene rings is 1. The number of anilines is 1. The molecule has 0 bridgehead atoms. The number of aromatic nitrogens is 2. The van der Waals surface area contributed by atoms with Crippen molar-refractivity contribution in [2.24, 2.45) is 5.92 Å². The van der Waals surface area contributed by atoms with Crippen LogP contribution in [0.5, 0.6) is 5.75 Å². The van der Waals surface area contributed by atoms with Crippen LogP contribution in [0.15, 0.2) is 24.3 Å². The number of carbonyl (C=O) groups is 1. The Labute approximate surface area is 150 Å². The van der Waals surface area contributed by atoms with Crippen molar-refractivity contribution < 1.29 is 9.53 Å². The summed E-state index contributed by atoms with van der Waals surface area (Å²) in [6, 6.07) is 7.91. The Morgan fingerprint density at radius 1 is 1.24 bits per heavy atom. The highest BCUT2D eigenvalue weighted by molar-refractivity contribution is 7.15. The van der Waals surface area contributed by atoms with Gasteiger partial charge < -0.3 is 15.8 Å². The number of hydrogen-bond donors (Lipinski definition) is 2. The van der Waals surface area contributed by atoms with E-state index in [0.717, 1.165) is 42.0 Å². The lowest BCUT2D eigenvalue weighted by molar-refractivity contribution is -0.129. The van der Waals surface area contributed by atoms with Crippen molar-refractivity contribution in [3.63, 3.8) is 0 Å². The second-order valence-corrected chi connectivity index (χ2v) is 7.91. The first-order valence-electron chi connectivity index (χ1n) is 8.78. The molecule has 1 aromatic carbocycles. The number of amides is 1. The topological polar surface area (TPSA) is 90.1 Å². The van der Waals surface area contributed by atoms with Crippen LogP contribution in [0.2, 0.25) is 0 Å². The Morgan fingerprint density at radius 2 is 2.04 bits per heavy atom. The molecule has 7 heteroatoms. The molecule has 1 saturated carbocycles. The largest absolute Gasteiger partial charge is 0.492 e. The summed E-state index contributed by atoms with van der Waals surface area (Å²) in [7, 11) is 0. The number of para-hydroxylation sites is 1. The zero-order chi connectivity index (χ0) is 17.3. The predicted octanol–water partition coefficient (Wildman–Crippen LogP) is 2.65. The minimum absolute atomic E-state index is 0.0326. The maximum absolute atomic E-state index is 13.0. The second kappa shape index (κ2) is 6.63. The van der Waals surface area contributed by atoms with E-state index < -0.39 is 5.54 Å². The third-order valence-electron chi connectivity index (χ3n) is 5.17. The van der Waals surface area contributed by atoms with Crippen molar-refractivity contribution >= 4 is 22.4 Å². The molecule has 1 fully saturated rings. The van der Waals surface area contributed by atoms with E-state index in [4.69, 9.17) is 10.5 Å². The van der Waals surface area contributed by atoms with Crippen molar-refractivity contribution in [2.45, 2.75) is 44.1 Å². The number of rotatable bonds is 3. The van der Waals surface area contributed by atoms with E-state index in [1.54, 1.807) is 0 Å². The Bertz CT molecular complexity index is 770. The van der Waals surface area contributed by atoms with Gasteiger partial charge >= 0.3 is 0 Å². The van der Waals surface area contributed by atoms with E-state index in [1.807, 2.05) is 24.3 Å². The molecule has 2 aromatic rings. The molecule has 6 nitrogen and oxygen atoms in total. The summed E-state index contributed by atoms with van der Waals surface area (Å²) in [6.07, 6.45) is 5.81. The molecule has 1 aliphatic heterocycles. The Kier molecular flexibility index (Phi) is 4.33. The zero-order valence-corrected chi connectivity index (χ0v) is 14.8. The third-order valence-corrected chi connectivity index (χ3v) is 6.13. The summed E-state index contributed by atoms with van der Waals surface area (Å²) in [4.78, 5) is 13.0. The summed E-state index contributed by atoms with van der Waals surface area (Å²) < 4.78 is 5.78. The van der Waals surface area contributed by atoms with Gasteiger partial charge in [-0.15, -0.1) is 10.2 Å². The van der Waals surface area contributed by atoms with Gasteiger partial charge in [0.2, 0.25) is 11.0 Å². The molecule has 0 saturated heterocycles. The van der Waals surface area contributed by atoms with Crippen LogP contribution in [-0.2, 0) is 16.8 Å². The van der Waals surface area contributed by atoms with Gasteiger partial charge in [0.25, 0.3) is 0 Å². The van der Waals surface area contributed by atoms with Gasteiger partial charge in [0.1, 0.15) is 17.4 Å². The van der Waals surface area contributed by atoms with Crippen LogP contribution in [0.25, 0.3) is 0 Å². The van der Waals surface area contributed by atoms with Gasteiger partial charge in [-0.1, -0.05) is 48.8 Å². The highest BCUT2D eigenvalue weighted by Crippen LogP contribution is 2.39. The number of nitrogens with zero attached hydrogens (tertiary/aromatic N) is 2. The normalized spacial score (nSPS) is 21.8. The first-order valence-corrected chi connectivity index (χ1v) is 9.60. The molecule has 2 aliphatic rings. The van der Waals surface area contributed by atoms with Gasteiger partial charge in [0.05, 0.1) is 11.5 Å². The van der Waals surface area contributed by atoms with Crippen LogP contribution in [0.3, 0.4) is 0 Å². The molecule has 25 heavy (non-hydrogen) atoms. The van der Waals surface area contributed by atoms with Crippen LogP contribution < -0.4 is 15.8 Å². The van der Waals surface area contributed by atoms with Crippen molar-refractivity contribution in [3.8, 4) is 5.75 Å². The third kappa shape index (κ3) is 3.20. The van der Waals surface area contributed by atoms with E-state index in [-0.39, 0.29) is 11.8 Å². The molecule has 132 valence electrons. The fourth-order valence-corrected chi connectivity index (χ4v) is 4.62. The van der Waals surface area contributed by atoms with Crippen LogP contribution >= 0.6 is 11.3 Å². The molecule has 0 radical (unpaired) electrons. The van der Waals surface area contributed by atoms with E-state index in [2.05, 4.69) is 15.5 Å². The minimum Gasteiger partial charge on any atom is -0.492 e. The summed E-state index contributed by atoms with van der Waals surface area (Å²) in [6.45, 7) is 0.414.